The molecule has 2 aromatic rings. The maximum Gasteiger partial charge on any atom is 0.220 e. The average Bonchev–Trinajstić information content (AvgIpc) is 3.10. The van der Waals surface area contributed by atoms with Gasteiger partial charge in [-0.2, -0.15) is 0 Å². The molecule has 120 valence electrons. The molecular formula is C17H22N6. The molecule has 0 bridgehead atoms. The van der Waals surface area contributed by atoms with Crippen LogP contribution in [0.15, 0.2) is 24.5 Å². The van der Waals surface area contributed by atoms with E-state index in [1.807, 2.05) is 12.4 Å². The van der Waals surface area contributed by atoms with Gasteiger partial charge in [-0.3, -0.25) is 4.90 Å². The van der Waals surface area contributed by atoms with E-state index in [0.717, 1.165) is 50.7 Å². The summed E-state index contributed by atoms with van der Waals surface area (Å²) in [6.07, 6.45) is 7.37. The first kappa shape index (κ1) is 14.4. The van der Waals surface area contributed by atoms with E-state index in [0.29, 0.717) is 5.95 Å². The Balaban J connectivity index is 1.41. The molecule has 0 atom stereocenters. The number of nitrogen functional groups attached to an aromatic ring is 1. The maximum absolute atomic E-state index is 5.66. The van der Waals surface area contributed by atoms with Crippen LogP contribution in [0.2, 0.25) is 0 Å². The highest BCUT2D eigenvalue weighted by atomic mass is 15.2. The lowest BCUT2D eigenvalue weighted by Gasteiger charge is -2.28. The van der Waals surface area contributed by atoms with Crippen molar-refractivity contribution < 1.29 is 0 Å². The van der Waals surface area contributed by atoms with Gasteiger partial charge in [0.1, 0.15) is 5.82 Å². The molecule has 0 spiro atoms. The Kier molecular flexibility index (Phi) is 3.83. The summed E-state index contributed by atoms with van der Waals surface area (Å²) in [7, 11) is 0. The van der Waals surface area contributed by atoms with Crippen LogP contribution in [0, 0.1) is 0 Å². The second-order valence-electron chi connectivity index (χ2n) is 6.38. The van der Waals surface area contributed by atoms with Crippen LogP contribution in [0.1, 0.15) is 29.7 Å². The number of fused-ring (bicyclic) bond motifs is 1. The number of aromatic nitrogens is 3. The molecular weight excluding hydrogens is 288 g/mol. The lowest BCUT2D eigenvalue weighted by molar-refractivity contribution is 0.242. The molecule has 0 aromatic carbocycles. The number of anilines is 2. The number of nitrogens with zero attached hydrogens (tertiary/aromatic N) is 5. The fourth-order valence-corrected chi connectivity index (χ4v) is 3.43. The van der Waals surface area contributed by atoms with Crippen molar-refractivity contribution in [3.63, 3.8) is 0 Å². The normalized spacial score (nSPS) is 18.2. The number of hydrogen-bond donors (Lipinski definition) is 1. The predicted molar refractivity (Wildman–Crippen MR) is 89.9 cm³/mol. The van der Waals surface area contributed by atoms with E-state index in [-0.39, 0.29) is 0 Å². The maximum atomic E-state index is 5.66. The molecule has 23 heavy (non-hydrogen) atoms. The van der Waals surface area contributed by atoms with Gasteiger partial charge in [0, 0.05) is 57.1 Å². The zero-order chi connectivity index (χ0) is 15.6. The van der Waals surface area contributed by atoms with Gasteiger partial charge in [0.2, 0.25) is 5.95 Å². The number of nitrogens with two attached hydrogens (primary N) is 1. The quantitative estimate of drug-likeness (QED) is 0.929. The Bertz CT molecular complexity index is 678. The molecule has 0 aliphatic carbocycles. The van der Waals surface area contributed by atoms with Gasteiger partial charge >= 0.3 is 0 Å². The third-order valence-corrected chi connectivity index (χ3v) is 4.68. The minimum Gasteiger partial charge on any atom is -0.368 e. The van der Waals surface area contributed by atoms with Crippen molar-refractivity contribution >= 4 is 11.8 Å². The summed E-state index contributed by atoms with van der Waals surface area (Å²) in [5.74, 6) is 1.48. The first-order chi connectivity index (χ1) is 11.3. The zero-order valence-corrected chi connectivity index (χ0v) is 13.3. The first-order valence-electron chi connectivity index (χ1n) is 8.30. The Labute approximate surface area is 136 Å². The smallest absolute Gasteiger partial charge is 0.220 e. The van der Waals surface area contributed by atoms with E-state index < -0.39 is 0 Å². The molecule has 1 fully saturated rings. The van der Waals surface area contributed by atoms with Crippen molar-refractivity contribution in [2.24, 2.45) is 0 Å². The van der Waals surface area contributed by atoms with Gasteiger partial charge in [-0.25, -0.2) is 15.0 Å². The summed E-state index contributed by atoms with van der Waals surface area (Å²) in [5.41, 5.74) is 9.20. The van der Waals surface area contributed by atoms with Crippen molar-refractivity contribution in [1.29, 1.82) is 0 Å². The molecule has 1 saturated heterocycles. The molecule has 4 rings (SSSR count). The molecule has 6 heteroatoms. The van der Waals surface area contributed by atoms with Crippen LogP contribution in [0.25, 0.3) is 0 Å². The fourth-order valence-electron chi connectivity index (χ4n) is 3.43. The van der Waals surface area contributed by atoms with Crippen molar-refractivity contribution in [3.8, 4) is 0 Å². The largest absolute Gasteiger partial charge is 0.368 e. The van der Waals surface area contributed by atoms with Crippen LogP contribution in [-0.2, 0) is 19.5 Å². The van der Waals surface area contributed by atoms with Gasteiger partial charge in [-0.1, -0.05) is 6.07 Å². The van der Waals surface area contributed by atoms with E-state index in [1.165, 1.54) is 24.0 Å². The van der Waals surface area contributed by atoms with Gasteiger partial charge in [-0.15, -0.1) is 0 Å². The summed E-state index contributed by atoms with van der Waals surface area (Å²) in [4.78, 5) is 17.9. The highest BCUT2D eigenvalue weighted by Crippen LogP contribution is 2.21. The third-order valence-electron chi connectivity index (χ3n) is 4.68. The zero-order valence-electron chi connectivity index (χ0n) is 13.3. The number of hydrogen-bond acceptors (Lipinski definition) is 6. The van der Waals surface area contributed by atoms with E-state index in [1.54, 1.807) is 0 Å². The first-order valence-corrected chi connectivity index (χ1v) is 8.30. The fraction of sp³-hybridized carbons (Fsp3) is 0.471. The molecule has 2 aliphatic rings. The van der Waals surface area contributed by atoms with E-state index in [9.17, 15) is 0 Å². The van der Waals surface area contributed by atoms with E-state index in [2.05, 4.69) is 36.9 Å². The lowest BCUT2D eigenvalue weighted by atomic mass is 10.1. The summed E-state index contributed by atoms with van der Waals surface area (Å²) in [5, 5.41) is 0. The minimum atomic E-state index is 0.374. The highest BCUT2D eigenvalue weighted by Gasteiger charge is 2.19. The second kappa shape index (κ2) is 6.12. The van der Waals surface area contributed by atoms with E-state index >= 15 is 0 Å². The van der Waals surface area contributed by atoms with Gasteiger partial charge in [0.25, 0.3) is 0 Å². The minimum absolute atomic E-state index is 0.374. The van der Waals surface area contributed by atoms with Crippen LogP contribution in [0.5, 0.6) is 0 Å². The summed E-state index contributed by atoms with van der Waals surface area (Å²) < 4.78 is 0. The molecule has 6 nitrogen and oxygen atoms in total. The molecule has 0 amide bonds. The Morgan fingerprint density at radius 2 is 1.91 bits per heavy atom. The lowest BCUT2D eigenvalue weighted by Crippen LogP contribution is -2.31. The van der Waals surface area contributed by atoms with Crippen LogP contribution in [0.3, 0.4) is 0 Å². The van der Waals surface area contributed by atoms with Crippen molar-refractivity contribution in [2.75, 3.05) is 30.3 Å². The summed E-state index contributed by atoms with van der Waals surface area (Å²) in [6.45, 7) is 5.06. The van der Waals surface area contributed by atoms with Crippen molar-refractivity contribution in [1.82, 2.24) is 19.9 Å². The molecule has 4 heterocycles. The Morgan fingerprint density at radius 1 is 1.04 bits per heavy atom. The number of pyridine rings is 1. The SMILES string of the molecule is Nc1ncc2c(n1)CCN(Cc1ccc(N3CCCC3)nc1)C2. The Morgan fingerprint density at radius 3 is 2.70 bits per heavy atom. The standard InChI is InChI=1S/C17H22N6/c18-17-20-10-14-12-22(8-5-15(14)21-17)11-13-3-4-16(19-9-13)23-6-1-2-7-23/h3-4,9-10H,1-2,5-8,11-12H2,(H2,18,20,21). The monoisotopic (exact) mass is 310 g/mol. The molecule has 0 unspecified atom stereocenters. The van der Waals surface area contributed by atoms with Gasteiger partial charge < -0.3 is 10.6 Å². The average molecular weight is 310 g/mol. The highest BCUT2D eigenvalue weighted by molar-refractivity contribution is 5.40. The van der Waals surface area contributed by atoms with Crippen LogP contribution in [-0.4, -0.2) is 39.5 Å². The Hall–Kier alpha value is -2.21. The van der Waals surface area contributed by atoms with Gasteiger partial charge in [0.15, 0.2) is 0 Å². The summed E-state index contributed by atoms with van der Waals surface area (Å²) >= 11 is 0. The predicted octanol–water partition coefficient (Wildman–Crippen LogP) is 1.61. The van der Waals surface area contributed by atoms with E-state index in [4.69, 9.17) is 5.73 Å². The van der Waals surface area contributed by atoms with Crippen LogP contribution >= 0.6 is 0 Å². The van der Waals surface area contributed by atoms with Crippen molar-refractivity contribution in [2.45, 2.75) is 32.4 Å². The topological polar surface area (TPSA) is 71.2 Å². The second-order valence-corrected chi connectivity index (χ2v) is 6.38. The molecule has 2 aliphatic heterocycles. The molecule has 0 saturated carbocycles. The summed E-state index contributed by atoms with van der Waals surface area (Å²) in [6, 6.07) is 4.36. The van der Waals surface area contributed by atoms with Gasteiger partial charge in [-0.05, 0) is 24.5 Å². The van der Waals surface area contributed by atoms with Crippen LogP contribution < -0.4 is 10.6 Å². The van der Waals surface area contributed by atoms with Crippen molar-refractivity contribution in [3.05, 3.63) is 41.3 Å². The number of rotatable bonds is 3. The van der Waals surface area contributed by atoms with Gasteiger partial charge in [0.05, 0.1) is 5.69 Å². The molecule has 2 aromatic heterocycles. The van der Waals surface area contributed by atoms with Crippen LogP contribution in [0.4, 0.5) is 11.8 Å². The molecule has 0 radical (unpaired) electrons. The molecule has 2 N–H and O–H groups in total. The third kappa shape index (κ3) is 3.12.